The smallest absolute Gasteiger partial charge is 0.250 e. The van der Waals surface area contributed by atoms with Gasteiger partial charge < -0.3 is 19.7 Å². The second-order valence-electron chi connectivity index (χ2n) is 6.67. The van der Waals surface area contributed by atoms with E-state index in [9.17, 15) is 9.59 Å². The van der Waals surface area contributed by atoms with Gasteiger partial charge in [-0.1, -0.05) is 6.07 Å². The highest BCUT2D eigenvalue weighted by molar-refractivity contribution is 9.10. The topological polar surface area (TPSA) is 67.9 Å². The lowest BCUT2D eigenvalue weighted by Gasteiger charge is -2.53. The number of fused-ring (bicyclic) bond motifs is 1. The molecule has 1 spiro atoms. The zero-order valence-electron chi connectivity index (χ0n) is 13.4. The average Bonchev–Trinajstić information content (AvgIpc) is 2.56. The molecule has 7 heteroatoms. The first-order valence-corrected chi connectivity index (χ1v) is 8.91. The van der Waals surface area contributed by atoms with Gasteiger partial charge in [0.25, 0.3) is 5.91 Å². The Morgan fingerprint density at radius 1 is 1.38 bits per heavy atom. The van der Waals surface area contributed by atoms with Gasteiger partial charge in [0.1, 0.15) is 17.8 Å². The van der Waals surface area contributed by atoms with Crippen molar-refractivity contribution in [1.29, 1.82) is 0 Å². The highest BCUT2D eigenvalue weighted by Gasteiger charge is 2.51. The Kier molecular flexibility index (Phi) is 3.80. The highest BCUT2D eigenvalue weighted by Crippen LogP contribution is 2.41. The van der Waals surface area contributed by atoms with Crippen molar-refractivity contribution in [3.63, 3.8) is 0 Å². The summed E-state index contributed by atoms with van der Waals surface area (Å²) in [7, 11) is 1.59. The molecule has 24 heavy (non-hydrogen) atoms. The van der Waals surface area contributed by atoms with Gasteiger partial charge in [-0.15, -0.1) is 0 Å². The fourth-order valence-electron chi connectivity index (χ4n) is 3.69. The Labute approximate surface area is 148 Å². The third-order valence-corrected chi connectivity index (χ3v) is 5.90. The molecule has 1 saturated carbocycles. The summed E-state index contributed by atoms with van der Waals surface area (Å²) in [6.45, 7) is 0.800. The molecule has 2 unspecified atom stereocenters. The SMILES string of the molecule is COc1ccc(C2NC(=O)C3COC4(CCC4)CN3C2=O)cc1Br. The van der Waals surface area contributed by atoms with E-state index in [2.05, 4.69) is 21.2 Å². The Balaban J connectivity index is 1.62. The van der Waals surface area contributed by atoms with E-state index in [1.807, 2.05) is 12.1 Å². The number of hydrogen-bond acceptors (Lipinski definition) is 4. The van der Waals surface area contributed by atoms with Crippen molar-refractivity contribution in [2.75, 3.05) is 20.3 Å². The minimum absolute atomic E-state index is 0.0637. The zero-order valence-corrected chi connectivity index (χ0v) is 15.0. The molecule has 2 aliphatic heterocycles. The van der Waals surface area contributed by atoms with Crippen molar-refractivity contribution in [3.05, 3.63) is 28.2 Å². The second kappa shape index (κ2) is 5.74. The van der Waals surface area contributed by atoms with Crippen LogP contribution in [0.1, 0.15) is 30.9 Å². The predicted octanol–water partition coefficient (Wildman–Crippen LogP) is 1.78. The van der Waals surface area contributed by atoms with Crippen molar-refractivity contribution in [1.82, 2.24) is 10.2 Å². The molecule has 6 nitrogen and oxygen atoms in total. The molecular formula is C17H19BrN2O4. The number of hydrogen-bond donors (Lipinski definition) is 1. The molecule has 0 aromatic heterocycles. The van der Waals surface area contributed by atoms with Gasteiger partial charge in [-0.25, -0.2) is 0 Å². The summed E-state index contributed by atoms with van der Waals surface area (Å²) in [6, 6.07) is 4.25. The third-order valence-electron chi connectivity index (χ3n) is 5.28. The molecule has 1 N–H and O–H groups in total. The maximum Gasteiger partial charge on any atom is 0.250 e. The number of nitrogens with one attached hydrogen (secondary N) is 1. The van der Waals surface area contributed by atoms with Crippen LogP contribution in [0, 0.1) is 0 Å². The van der Waals surface area contributed by atoms with Gasteiger partial charge in [0.15, 0.2) is 0 Å². The van der Waals surface area contributed by atoms with E-state index in [1.54, 1.807) is 18.1 Å². The van der Waals surface area contributed by atoms with Gasteiger partial charge >= 0.3 is 0 Å². The van der Waals surface area contributed by atoms with Gasteiger partial charge in [0, 0.05) is 0 Å². The quantitative estimate of drug-likeness (QED) is 0.829. The summed E-state index contributed by atoms with van der Waals surface area (Å²) in [6.07, 6.45) is 3.04. The summed E-state index contributed by atoms with van der Waals surface area (Å²) >= 11 is 3.43. The number of amides is 2. The molecule has 2 atom stereocenters. The monoisotopic (exact) mass is 394 g/mol. The number of methoxy groups -OCH3 is 1. The van der Waals surface area contributed by atoms with Gasteiger partial charge in [0.2, 0.25) is 5.91 Å². The number of benzene rings is 1. The molecule has 3 fully saturated rings. The first-order chi connectivity index (χ1) is 11.5. The van der Waals surface area contributed by atoms with E-state index in [4.69, 9.17) is 9.47 Å². The van der Waals surface area contributed by atoms with Crippen molar-refractivity contribution >= 4 is 27.7 Å². The Morgan fingerprint density at radius 3 is 2.79 bits per heavy atom. The number of carbonyl (C=O) groups excluding carboxylic acids is 2. The van der Waals surface area contributed by atoms with Crippen molar-refractivity contribution in [2.45, 2.75) is 36.9 Å². The molecule has 2 amide bonds. The molecule has 1 aromatic rings. The van der Waals surface area contributed by atoms with Crippen LogP contribution in [0.4, 0.5) is 0 Å². The molecule has 128 valence electrons. The Morgan fingerprint density at radius 2 is 2.17 bits per heavy atom. The number of morpholine rings is 1. The second-order valence-corrected chi connectivity index (χ2v) is 7.52. The van der Waals surface area contributed by atoms with Crippen LogP contribution in [0.5, 0.6) is 5.75 Å². The van der Waals surface area contributed by atoms with Crippen LogP contribution >= 0.6 is 15.9 Å². The summed E-state index contributed by atoms with van der Waals surface area (Å²) in [5.41, 5.74) is 0.517. The lowest BCUT2D eigenvalue weighted by atomic mass is 9.77. The Bertz CT molecular complexity index is 704. The first-order valence-electron chi connectivity index (χ1n) is 8.11. The average molecular weight is 395 g/mol. The van der Waals surface area contributed by atoms with Crippen LogP contribution in [-0.2, 0) is 14.3 Å². The molecule has 1 aliphatic carbocycles. The first kappa shape index (κ1) is 15.9. The minimum atomic E-state index is -0.661. The zero-order chi connectivity index (χ0) is 16.9. The largest absolute Gasteiger partial charge is 0.496 e. The van der Waals surface area contributed by atoms with Crippen LogP contribution in [0.25, 0.3) is 0 Å². The molecule has 3 aliphatic rings. The lowest BCUT2D eigenvalue weighted by Crippen LogP contribution is -2.69. The highest BCUT2D eigenvalue weighted by atomic mass is 79.9. The van der Waals surface area contributed by atoms with E-state index >= 15 is 0 Å². The van der Waals surface area contributed by atoms with Crippen molar-refractivity contribution in [2.24, 2.45) is 0 Å². The molecular weight excluding hydrogens is 376 g/mol. The molecule has 0 radical (unpaired) electrons. The fourth-order valence-corrected chi connectivity index (χ4v) is 4.25. The van der Waals surface area contributed by atoms with E-state index < -0.39 is 12.1 Å². The van der Waals surface area contributed by atoms with E-state index in [-0.39, 0.29) is 24.0 Å². The summed E-state index contributed by atoms with van der Waals surface area (Å²) in [5, 5.41) is 2.84. The van der Waals surface area contributed by atoms with Crippen LogP contribution < -0.4 is 10.1 Å². The van der Waals surface area contributed by atoms with Gasteiger partial charge in [0.05, 0.1) is 30.3 Å². The number of carbonyl (C=O) groups is 2. The number of nitrogens with zero attached hydrogens (tertiary/aromatic N) is 1. The van der Waals surface area contributed by atoms with E-state index in [1.165, 1.54) is 0 Å². The number of piperazine rings is 1. The molecule has 2 saturated heterocycles. The lowest BCUT2D eigenvalue weighted by molar-refractivity contribution is -0.192. The van der Waals surface area contributed by atoms with Gasteiger partial charge in [-0.3, -0.25) is 9.59 Å². The minimum Gasteiger partial charge on any atom is -0.496 e. The fraction of sp³-hybridized carbons (Fsp3) is 0.529. The maximum absolute atomic E-state index is 13.0. The van der Waals surface area contributed by atoms with Gasteiger partial charge in [-0.2, -0.15) is 0 Å². The van der Waals surface area contributed by atoms with Gasteiger partial charge in [-0.05, 0) is 52.9 Å². The molecule has 0 bridgehead atoms. The number of halogens is 1. The van der Waals surface area contributed by atoms with Crippen LogP contribution in [-0.4, -0.2) is 48.6 Å². The van der Waals surface area contributed by atoms with E-state index in [0.29, 0.717) is 12.3 Å². The molecule has 1 aromatic carbocycles. The Hall–Kier alpha value is -1.60. The van der Waals surface area contributed by atoms with Crippen LogP contribution in [0.3, 0.4) is 0 Å². The standard InChI is InChI=1S/C17H19BrN2O4/c1-23-13-4-3-10(7-11(13)18)14-16(22)20-9-17(5-2-6-17)24-8-12(20)15(21)19-14/h3-4,7,12,14H,2,5-6,8-9H2,1H3,(H,19,21). The summed E-state index contributed by atoms with van der Waals surface area (Å²) in [4.78, 5) is 27.2. The van der Waals surface area contributed by atoms with E-state index in [0.717, 1.165) is 29.3 Å². The molecule has 4 rings (SSSR count). The predicted molar refractivity (Wildman–Crippen MR) is 89.6 cm³/mol. The number of rotatable bonds is 2. The van der Waals surface area contributed by atoms with Crippen molar-refractivity contribution in [3.8, 4) is 5.75 Å². The molecule has 2 heterocycles. The maximum atomic E-state index is 13.0. The third kappa shape index (κ3) is 2.41. The van der Waals surface area contributed by atoms with Crippen molar-refractivity contribution < 1.29 is 19.1 Å². The summed E-state index contributed by atoms with van der Waals surface area (Å²) < 4.78 is 11.9. The normalized spacial score (nSPS) is 28.2. The van der Waals surface area contributed by atoms with Crippen LogP contribution in [0.2, 0.25) is 0 Å². The summed E-state index contributed by atoms with van der Waals surface area (Å²) in [5.74, 6) is 0.470. The number of ether oxygens (including phenoxy) is 2. The van der Waals surface area contributed by atoms with Crippen LogP contribution in [0.15, 0.2) is 22.7 Å².